The maximum absolute atomic E-state index is 13.8. The van der Waals surface area contributed by atoms with Crippen molar-refractivity contribution >= 4 is 22.7 Å². The van der Waals surface area contributed by atoms with Gasteiger partial charge in [0.2, 0.25) is 5.95 Å². The Hall–Kier alpha value is -5.17. The second kappa shape index (κ2) is 10.6. The third kappa shape index (κ3) is 5.26. The van der Waals surface area contributed by atoms with Crippen LogP contribution >= 0.6 is 0 Å². The number of nitriles is 1. The van der Waals surface area contributed by atoms with Crippen LogP contribution in [0.2, 0.25) is 0 Å². The first kappa shape index (κ1) is 24.9. The molecule has 3 heterocycles. The molecule has 0 aliphatic rings. The third-order valence-electron chi connectivity index (χ3n) is 5.51. The number of pyridine rings is 1. The molecule has 0 bridgehead atoms. The molecule has 5 rings (SSSR count). The SMILES string of the molecule is CCc1nc2cccc(-c3ccnc(C)c3)c2c(=O)n1-c1cccc(F)c1.N#Cc1cnc(N)nc1N. The molecule has 0 spiro atoms. The molecule has 5 aromatic rings. The minimum Gasteiger partial charge on any atom is -0.382 e. The molecule has 0 aliphatic carbocycles. The number of hydrogen-bond donors (Lipinski definition) is 2. The van der Waals surface area contributed by atoms with Crippen LogP contribution in [0.5, 0.6) is 0 Å². The van der Waals surface area contributed by atoms with Crippen LogP contribution in [-0.4, -0.2) is 24.5 Å². The fourth-order valence-corrected chi connectivity index (χ4v) is 3.84. The molecule has 0 amide bonds. The van der Waals surface area contributed by atoms with Gasteiger partial charge in [-0.2, -0.15) is 10.2 Å². The quantitative estimate of drug-likeness (QED) is 0.383. The van der Waals surface area contributed by atoms with Crippen LogP contribution in [0.3, 0.4) is 0 Å². The maximum Gasteiger partial charge on any atom is 0.266 e. The molecule has 0 unspecified atom stereocenters. The molecular weight excluding hydrogens is 471 g/mol. The first-order valence-corrected chi connectivity index (χ1v) is 11.3. The van der Waals surface area contributed by atoms with E-state index in [9.17, 15) is 9.18 Å². The number of nitrogens with zero attached hydrogens (tertiary/aromatic N) is 6. The van der Waals surface area contributed by atoms with Crippen molar-refractivity contribution in [1.82, 2.24) is 24.5 Å². The minimum absolute atomic E-state index is 0.0801. The van der Waals surface area contributed by atoms with E-state index >= 15 is 0 Å². The van der Waals surface area contributed by atoms with E-state index in [4.69, 9.17) is 21.7 Å². The smallest absolute Gasteiger partial charge is 0.266 e. The lowest BCUT2D eigenvalue weighted by atomic mass is 10.0. The Morgan fingerprint density at radius 3 is 2.51 bits per heavy atom. The third-order valence-corrected chi connectivity index (χ3v) is 5.51. The minimum atomic E-state index is -0.389. The van der Waals surface area contributed by atoms with E-state index in [0.717, 1.165) is 16.8 Å². The number of aromatic nitrogens is 5. The van der Waals surface area contributed by atoms with Gasteiger partial charge in [0.25, 0.3) is 5.56 Å². The number of hydrogen-bond acceptors (Lipinski definition) is 8. The predicted octanol–water partition coefficient (Wildman–Crippen LogP) is 3.97. The Morgan fingerprint density at radius 2 is 1.84 bits per heavy atom. The molecular formula is C27H23FN8O. The topological polar surface area (TPSA) is 149 Å². The predicted molar refractivity (Wildman–Crippen MR) is 140 cm³/mol. The van der Waals surface area contributed by atoms with Crippen molar-refractivity contribution in [3.63, 3.8) is 0 Å². The average Bonchev–Trinajstić information content (AvgIpc) is 2.88. The van der Waals surface area contributed by atoms with Crippen molar-refractivity contribution in [2.45, 2.75) is 20.3 Å². The highest BCUT2D eigenvalue weighted by Crippen LogP contribution is 2.26. The zero-order valence-electron chi connectivity index (χ0n) is 20.2. The molecule has 10 heteroatoms. The summed E-state index contributed by atoms with van der Waals surface area (Å²) in [5.74, 6) is 0.409. The second-order valence-corrected chi connectivity index (χ2v) is 8.03. The molecule has 184 valence electrons. The lowest BCUT2D eigenvalue weighted by Crippen LogP contribution is -2.24. The van der Waals surface area contributed by atoms with Crippen LogP contribution < -0.4 is 17.0 Å². The highest BCUT2D eigenvalue weighted by molar-refractivity contribution is 5.94. The van der Waals surface area contributed by atoms with Gasteiger partial charge in [-0.15, -0.1) is 0 Å². The second-order valence-electron chi connectivity index (χ2n) is 8.03. The highest BCUT2D eigenvalue weighted by Gasteiger charge is 2.16. The number of aryl methyl sites for hydroxylation is 2. The average molecular weight is 495 g/mol. The normalized spacial score (nSPS) is 10.4. The van der Waals surface area contributed by atoms with Crippen molar-refractivity contribution in [1.29, 1.82) is 5.26 Å². The highest BCUT2D eigenvalue weighted by atomic mass is 19.1. The van der Waals surface area contributed by atoms with Gasteiger partial charge in [0.05, 0.1) is 22.8 Å². The Kier molecular flexibility index (Phi) is 7.16. The summed E-state index contributed by atoms with van der Waals surface area (Å²) in [7, 11) is 0. The fourth-order valence-electron chi connectivity index (χ4n) is 3.84. The van der Waals surface area contributed by atoms with Gasteiger partial charge in [-0.1, -0.05) is 25.1 Å². The van der Waals surface area contributed by atoms with E-state index in [1.807, 2.05) is 50.2 Å². The standard InChI is InChI=1S/C22H18FN3O.C5H5N5/c1-3-20-25-19-9-5-8-18(15-10-11-24-14(2)12-15)21(19)22(27)26(20)17-7-4-6-16(23)13-17;6-1-3-2-9-5(8)10-4(3)7/h4-13H,3H2,1-2H3;2H,(H4,7,8,9,10). The van der Waals surface area contributed by atoms with E-state index < -0.39 is 0 Å². The van der Waals surface area contributed by atoms with Gasteiger partial charge in [0.15, 0.2) is 0 Å². The molecule has 0 atom stereocenters. The first-order chi connectivity index (χ1) is 17.8. The number of nitrogen functional groups attached to an aromatic ring is 2. The van der Waals surface area contributed by atoms with Gasteiger partial charge in [0.1, 0.15) is 29.1 Å². The van der Waals surface area contributed by atoms with Crippen molar-refractivity contribution in [2.75, 3.05) is 11.5 Å². The van der Waals surface area contributed by atoms with Gasteiger partial charge in [0, 0.05) is 18.3 Å². The van der Waals surface area contributed by atoms with Gasteiger partial charge < -0.3 is 11.5 Å². The number of nitrogens with two attached hydrogens (primary N) is 2. The molecule has 0 saturated heterocycles. The molecule has 0 fully saturated rings. The Balaban J connectivity index is 0.000000270. The largest absolute Gasteiger partial charge is 0.382 e. The molecule has 37 heavy (non-hydrogen) atoms. The molecule has 9 nitrogen and oxygen atoms in total. The Morgan fingerprint density at radius 1 is 1.05 bits per heavy atom. The maximum atomic E-state index is 13.8. The van der Waals surface area contributed by atoms with Crippen LogP contribution in [0.15, 0.2) is 71.8 Å². The summed E-state index contributed by atoms with van der Waals surface area (Å²) in [4.78, 5) is 29.5. The molecule has 4 N–H and O–H groups in total. The number of rotatable bonds is 3. The molecule has 0 radical (unpaired) electrons. The van der Waals surface area contributed by atoms with Crippen molar-refractivity contribution in [3.05, 3.63) is 100 Å². The van der Waals surface area contributed by atoms with E-state index in [1.165, 1.54) is 22.9 Å². The van der Waals surface area contributed by atoms with E-state index in [0.29, 0.717) is 28.8 Å². The summed E-state index contributed by atoms with van der Waals surface area (Å²) in [5.41, 5.74) is 14.2. The zero-order chi connectivity index (χ0) is 26.5. The molecule has 2 aromatic carbocycles. The number of halogens is 1. The van der Waals surface area contributed by atoms with Crippen LogP contribution in [-0.2, 0) is 6.42 Å². The summed E-state index contributed by atoms with van der Waals surface area (Å²) in [6.45, 7) is 3.84. The number of benzene rings is 2. The first-order valence-electron chi connectivity index (χ1n) is 11.3. The number of anilines is 2. The summed E-state index contributed by atoms with van der Waals surface area (Å²) in [6.07, 6.45) is 3.57. The van der Waals surface area contributed by atoms with Crippen molar-refractivity contribution in [3.8, 4) is 22.9 Å². The van der Waals surface area contributed by atoms with Gasteiger partial charge in [-0.25, -0.2) is 14.4 Å². The van der Waals surface area contributed by atoms with Gasteiger partial charge in [-0.3, -0.25) is 14.3 Å². The lowest BCUT2D eigenvalue weighted by Gasteiger charge is -2.14. The van der Waals surface area contributed by atoms with Crippen molar-refractivity contribution < 1.29 is 4.39 Å². The summed E-state index contributed by atoms with van der Waals surface area (Å²) < 4.78 is 15.3. The van der Waals surface area contributed by atoms with Crippen molar-refractivity contribution in [2.24, 2.45) is 0 Å². The number of fused-ring (bicyclic) bond motifs is 1. The van der Waals surface area contributed by atoms with Crippen LogP contribution in [0, 0.1) is 24.1 Å². The van der Waals surface area contributed by atoms with Crippen LogP contribution in [0.4, 0.5) is 16.2 Å². The summed E-state index contributed by atoms with van der Waals surface area (Å²) in [6, 6.07) is 17.3. The Labute approximate surface area is 211 Å². The summed E-state index contributed by atoms with van der Waals surface area (Å²) in [5, 5.41) is 8.88. The zero-order valence-corrected chi connectivity index (χ0v) is 20.2. The summed E-state index contributed by atoms with van der Waals surface area (Å²) >= 11 is 0. The van der Waals surface area contributed by atoms with Crippen LogP contribution in [0.25, 0.3) is 27.7 Å². The van der Waals surface area contributed by atoms with Crippen LogP contribution in [0.1, 0.15) is 24.0 Å². The molecule has 3 aromatic heterocycles. The lowest BCUT2D eigenvalue weighted by molar-refractivity contribution is 0.625. The van der Waals surface area contributed by atoms with E-state index in [-0.39, 0.29) is 28.7 Å². The fraction of sp³-hybridized carbons (Fsp3) is 0.111. The van der Waals surface area contributed by atoms with Gasteiger partial charge in [-0.05, 0) is 54.4 Å². The monoisotopic (exact) mass is 494 g/mol. The molecule has 0 aliphatic heterocycles. The van der Waals surface area contributed by atoms with E-state index in [2.05, 4.69) is 15.0 Å². The van der Waals surface area contributed by atoms with Gasteiger partial charge >= 0.3 is 0 Å². The molecule has 0 saturated carbocycles. The Bertz CT molecular complexity index is 1710. The van der Waals surface area contributed by atoms with E-state index in [1.54, 1.807) is 18.3 Å².